The molecule has 7 heteroatoms. The van der Waals surface area contributed by atoms with Crippen LogP contribution >= 0.6 is 11.3 Å². The zero-order valence-corrected chi connectivity index (χ0v) is 11.9. The molecule has 0 unspecified atom stereocenters. The first kappa shape index (κ1) is 13.1. The van der Waals surface area contributed by atoms with Gasteiger partial charge >= 0.3 is 5.97 Å². The van der Waals surface area contributed by atoms with E-state index in [-0.39, 0.29) is 15.2 Å². The minimum Gasteiger partial charge on any atom is -0.477 e. The minimum atomic E-state index is -3.71. The van der Waals surface area contributed by atoms with Crippen molar-refractivity contribution >= 4 is 27.3 Å². The fraction of sp³-hybridized carbons (Fsp3) is 0.583. The lowest BCUT2D eigenvalue weighted by molar-refractivity contribution is 0.0698. The van der Waals surface area contributed by atoms with Crippen LogP contribution in [0.2, 0.25) is 0 Å². The van der Waals surface area contributed by atoms with Crippen molar-refractivity contribution < 1.29 is 18.3 Å². The van der Waals surface area contributed by atoms with Crippen molar-refractivity contribution in [3.8, 4) is 0 Å². The molecule has 0 atom stereocenters. The lowest BCUT2D eigenvalue weighted by atomic mass is 10.0. The van der Waals surface area contributed by atoms with Gasteiger partial charge in [-0.25, -0.2) is 17.9 Å². The van der Waals surface area contributed by atoms with Crippen LogP contribution in [-0.2, 0) is 10.0 Å². The Morgan fingerprint density at radius 1 is 1.47 bits per heavy atom. The van der Waals surface area contributed by atoms with Crippen LogP contribution in [0.3, 0.4) is 0 Å². The SMILES string of the molecule is O=C(O)c1sccc1S(=O)(=O)NCC1(C2CC2)CC1. The summed E-state index contributed by atoms with van der Waals surface area (Å²) in [5.41, 5.74) is 0.159. The topological polar surface area (TPSA) is 83.5 Å². The molecule has 0 spiro atoms. The predicted octanol–water partition coefficient (Wildman–Crippen LogP) is 1.91. The zero-order valence-electron chi connectivity index (χ0n) is 10.3. The summed E-state index contributed by atoms with van der Waals surface area (Å²) < 4.78 is 26.9. The third-order valence-corrected chi connectivity index (χ3v) is 6.54. The standard InChI is InChI=1S/C12H15NO4S2/c14-11(15)10-9(3-6-18-10)19(16,17)13-7-12(4-5-12)8-1-2-8/h3,6,8,13H,1-2,4-5,7H2,(H,14,15). The number of carboxylic acids is 1. The summed E-state index contributed by atoms with van der Waals surface area (Å²) in [7, 11) is -3.71. The Morgan fingerprint density at radius 3 is 2.68 bits per heavy atom. The molecule has 0 aromatic carbocycles. The van der Waals surface area contributed by atoms with Gasteiger partial charge in [0.25, 0.3) is 0 Å². The Balaban J connectivity index is 1.75. The van der Waals surface area contributed by atoms with Crippen molar-refractivity contribution in [2.45, 2.75) is 30.6 Å². The highest BCUT2D eigenvalue weighted by atomic mass is 32.2. The van der Waals surface area contributed by atoms with Crippen molar-refractivity contribution in [3.63, 3.8) is 0 Å². The van der Waals surface area contributed by atoms with Crippen LogP contribution in [0.25, 0.3) is 0 Å². The Kier molecular flexibility index (Phi) is 2.95. The molecule has 2 aliphatic rings. The Bertz CT molecular complexity index is 611. The van der Waals surface area contributed by atoms with Crippen LogP contribution in [0, 0.1) is 11.3 Å². The van der Waals surface area contributed by atoms with E-state index in [4.69, 9.17) is 5.11 Å². The maximum absolute atomic E-state index is 12.2. The highest BCUT2D eigenvalue weighted by Crippen LogP contribution is 2.60. The second-order valence-electron chi connectivity index (χ2n) is 5.38. The number of carbonyl (C=O) groups is 1. The molecule has 2 N–H and O–H groups in total. The van der Waals surface area contributed by atoms with Gasteiger partial charge in [0.05, 0.1) is 0 Å². The molecular weight excluding hydrogens is 286 g/mol. The molecule has 0 saturated heterocycles. The van der Waals surface area contributed by atoms with E-state index in [0.29, 0.717) is 12.5 Å². The van der Waals surface area contributed by atoms with Gasteiger partial charge in [0.1, 0.15) is 9.77 Å². The lowest BCUT2D eigenvalue weighted by Gasteiger charge is -2.15. The maximum atomic E-state index is 12.2. The van der Waals surface area contributed by atoms with Crippen molar-refractivity contribution in [2.75, 3.05) is 6.54 Å². The van der Waals surface area contributed by atoms with Crippen molar-refractivity contribution in [1.29, 1.82) is 0 Å². The third kappa shape index (κ3) is 2.42. The van der Waals surface area contributed by atoms with Gasteiger partial charge in [0, 0.05) is 6.54 Å². The molecule has 1 aromatic heterocycles. The molecule has 3 rings (SSSR count). The number of hydrogen-bond acceptors (Lipinski definition) is 4. The summed E-state index contributed by atoms with van der Waals surface area (Å²) in [4.78, 5) is 10.7. The monoisotopic (exact) mass is 301 g/mol. The third-order valence-electron chi connectivity index (χ3n) is 4.06. The van der Waals surface area contributed by atoms with E-state index in [2.05, 4.69) is 4.72 Å². The van der Waals surface area contributed by atoms with Gasteiger partial charge in [-0.05, 0) is 48.5 Å². The molecule has 2 saturated carbocycles. The van der Waals surface area contributed by atoms with Gasteiger partial charge < -0.3 is 5.11 Å². The van der Waals surface area contributed by atoms with Gasteiger partial charge in [0.15, 0.2) is 0 Å². The number of thiophene rings is 1. The number of nitrogens with one attached hydrogen (secondary N) is 1. The molecule has 19 heavy (non-hydrogen) atoms. The molecule has 5 nitrogen and oxygen atoms in total. The highest BCUT2D eigenvalue weighted by Gasteiger charge is 2.53. The van der Waals surface area contributed by atoms with E-state index < -0.39 is 16.0 Å². The van der Waals surface area contributed by atoms with Crippen LogP contribution in [0.15, 0.2) is 16.3 Å². The maximum Gasteiger partial charge on any atom is 0.347 e. The second-order valence-corrected chi connectivity index (χ2v) is 8.03. The number of sulfonamides is 1. The lowest BCUT2D eigenvalue weighted by Crippen LogP contribution is -2.31. The van der Waals surface area contributed by atoms with Crippen molar-refractivity contribution in [3.05, 3.63) is 16.3 Å². The average Bonchev–Trinajstić information content (AvgIpc) is 3.24. The quantitative estimate of drug-likeness (QED) is 0.841. The van der Waals surface area contributed by atoms with Crippen LogP contribution in [0.5, 0.6) is 0 Å². The van der Waals surface area contributed by atoms with Gasteiger partial charge in [-0.3, -0.25) is 0 Å². The van der Waals surface area contributed by atoms with Crippen LogP contribution in [-0.4, -0.2) is 26.0 Å². The minimum absolute atomic E-state index is 0.114. The molecule has 2 fully saturated rings. The molecule has 0 amide bonds. The Morgan fingerprint density at radius 2 is 2.16 bits per heavy atom. The van der Waals surface area contributed by atoms with Crippen molar-refractivity contribution in [2.24, 2.45) is 11.3 Å². The summed E-state index contributed by atoms with van der Waals surface area (Å²) in [6.45, 7) is 0.439. The zero-order chi connectivity index (χ0) is 13.7. The molecule has 1 heterocycles. The molecule has 2 aliphatic carbocycles. The normalized spacial score (nSPS) is 21.3. The number of aromatic carboxylic acids is 1. The summed E-state index contributed by atoms with van der Waals surface area (Å²) >= 11 is 0.933. The molecule has 0 bridgehead atoms. The van der Waals surface area contributed by atoms with Crippen molar-refractivity contribution in [1.82, 2.24) is 4.72 Å². The molecular formula is C12H15NO4S2. The van der Waals surface area contributed by atoms with E-state index in [1.54, 1.807) is 0 Å². The molecule has 1 aromatic rings. The first-order valence-corrected chi connectivity index (χ1v) is 8.61. The van der Waals surface area contributed by atoms with E-state index in [1.165, 1.54) is 24.3 Å². The highest BCUT2D eigenvalue weighted by molar-refractivity contribution is 7.89. The van der Waals surface area contributed by atoms with E-state index in [0.717, 1.165) is 24.2 Å². The summed E-state index contributed by atoms with van der Waals surface area (Å²) in [6, 6.07) is 1.35. The fourth-order valence-electron chi connectivity index (χ4n) is 2.57. The fourth-order valence-corrected chi connectivity index (χ4v) is 4.96. The summed E-state index contributed by atoms with van der Waals surface area (Å²) in [5.74, 6) is -0.532. The predicted molar refractivity (Wildman–Crippen MR) is 70.9 cm³/mol. The molecule has 0 radical (unpaired) electrons. The van der Waals surface area contributed by atoms with Crippen LogP contribution < -0.4 is 4.72 Å². The molecule has 104 valence electrons. The van der Waals surface area contributed by atoms with E-state index in [9.17, 15) is 13.2 Å². The summed E-state index contributed by atoms with van der Waals surface area (Å²) in [5, 5.41) is 10.5. The van der Waals surface area contributed by atoms with Gasteiger partial charge in [-0.15, -0.1) is 11.3 Å². The van der Waals surface area contributed by atoms with Crippen LogP contribution in [0.1, 0.15) is 35.4 Å². The second kappa shape index (κ2) is 4.29. The summed E-state index contributed by atoms with van der Waals surface area (Å²) in [6.07, 6.45) is 4.55. The average molecular weight is 301 g/mol. The van der Waals surface area contributed by atoms with Crippen LogP contribution in [0.4, 0.5) is 0 Å². The number of rotatable bonds is 6. The first-order valence-electron chi connectivity index (χ1n) is 6.25. The largest absolute Gasteiger partial charge is 0.477 e. The van der Waals surface area contributed by atoms with Gasteiger partial charge in [-0.2, -0.15) is 0 Å². The first-order chi connectivity index (χ1) is 8.95. The molecule has 0 aliphatic heterocycles. The van der Waals surface area contributed by atoms with Gasteiger partial charge in [0.2, 0.25) is 10.0 Å². The van der Waals surface area contributed by atoms with E-state index in [1.807, 2.05) is 0 Å². The smallest absolute Gasteiger partial charge is 0.347 e. The Hall–Kier alpha value is -0.920. The Labute approximate surface area is 115 Å². The number of hydrogen-bond donors (Lipinski definition) is 2. The van der Waals surface area contributed by atoms with E-state index >= 15 is 0 Å². The van der Waals surface area contributed by atoms with Gasteiger partial charge in [-0.1, -0.05) is 0 Å². The number of carboxylic acid groups (broad SMARTS) is 1.